The first kappa shape index (κ1) is 14.1. The van der Waals surface area contributed by atoms with Crippen LogP contribution in [0.15, 0.2) is 90.5 Å². The van der Waals surface area contributed by atoms with Crippen molar-refractivity contribution in [1.82, 2.24) is 0 Å². The Morgan fingerprint density at radius 3 is 1.82 bits per heavy atom. The molecule has 0 aliphatic heterocycles. The van der Waals surface area contributed by atoms with Gasteiger partial charge in [-0.1, -0.05) is 85.0 Å². The highest BCUT2D eigenvalue weighted by molar-refractivity contribution is 6.02. The van der Waals surface area contributed by atoms with E-state index in [0.717, 1.165) is 16.7 Å². The lowest BCUT2D eigenvalue weighted by Gasteiger charge is -2.15. The number of aliphatic hydroxyl groups is 1. The van der Waals surface area contributed by atoms with Gasteiger partial charge in [0.1, 0.15) is 5.76 Å². The monoisotopic (exact) mass is 287 g/mol. The molecule has 108 valence electrons. The van der Waals surface area contributed by atoms with Gasteiger partial charge in [-0.3, -0.25) is 0 Å². The molecule has 0 unspecified atom stereocenters. The normalized spacial score (nSPS) is 16.5. The number of rotatable bonds is 3. The molecule has 0 spiro atoms. The molecule has 0 heterocycles. The molecule has 2 aromatic carbocycles. The van der Waals surface area contributed by atoms with E-state index in [1.807, 2.05) is 85.0 Å². The Morgan fingerprint density at radius 2 is 1.27 bits per heavy atom. The highest BCUT2D eigenvalue weighted by Crippen LogP contribution is 2.24. The van der Waals surface area contributed by atoms with E-state index in [4.69, 9.17) is 5.41 Å². The number of aliphatic hydroxyl groups excluding tert-OH is 1. The molecular formula is C20H17NO. The largest absolute Gasteiger partial charge is 0.507 e. The van der Waals surface area contributed by atoms with Crippen molar-refractivity contribution in [1.29, 1.82) is 5.41 Å². The van der Waals surface area contributed by atoms with Crippen molar-refractivity contribution in [2.75, 3.05) is 0 Å². The van der Waals surface area contributed by atoms with Crippen LogP contribution >= 0.6 is 0 Å². The minimum atomic E-state index is -0.0604. The summed E-state index contributed by atoms with van der Waals surface area (Å²) in [5, 5.41) is 18.6. The third-order valence-corrected chi connectivity index (χ3v) is 3.71. The van der Waals surface area contributed by atoms with Gasteiger partial charge >= 0.3 is 0 Å². The fourth-order valence-electron chi connectivity index (χ4n) is 2.46. The summed E-state index contributed by atoms with van der Waals surface area (Å²) in [4.78, 5) is 0. The molecule has 0 radical (unpaired) electrons. The second-order valence-corrected chi connectivity index (χ2v) is 5.19. The summed E-state index contributed by atoms with van der Waals surface area (Å²) in [6, 6.07) is 19.2. The summed E-state index contributed by atoms with van der Waals surface area (Å²) in [6.45, 7) is 0. The van der Waals surface area contributed by atoms with Crippen molar-refractivity contribution in [2.24, 2.45) is 5.92 Å². The predicted octanol–water partition coefficient (Wildman–Crippen LogP) is 4.77. The lowest BCUT2D eigenvalue weighted by atomic mass is 9.91. The number of hydrogen-bond acceptors (Lipinski definition) is 2. The van der Waals surface area contributed by atoms with Gasteiger partial charge in [-0.15, -0.1) is 0 Å². The van der Waals surface area contributed by atoms with E-state index in [2.05, 4.69) is 0 Å². The van der Waals surface area contributed by atoms with Crippen LogP contribution in [-0.4, -0.2) is 10.8 Å². The zero-order valence-corrected chi connectivity index (χ0v) is 12.1. The lowest BCUT2D eigenvalue weighted by molar-refractivity contribution is 0.509. The first-order valence-electron chi connectivity index (χ1n) is 7.24. The van der Waals surface area contributed by atoms with E-state index in [1.165, 1.54) is 0 Å². The molecule has 3 rings (SSSR count). The SMILES string of the molecule is N=C(c1ccccc1)C1C=CC(=C(O)c2ccccc2)C=C1. The third-order valence-electron chi connectivity index (χ3n) is 3.71. The van der Waals surface area contributed by atoms with Gasteiger partial charge in [0.05, 0.1) is 0 Å². The van der Waals surface area contributed by atoms with E-state index in [-0.39, 0.29) is 11.7 Å². The van der Waals surface area contributed by atoms with Crippen LogP contribution < -0.4 is 0 Å². The molecule has 0 amide bonds. The van der Waals surface area contributed by atoms with Crippen LogP contribution in [0.2, 0.25) is 0 Å². The van der Waals surface area contributed by atoms with Crippen molar-refractivity contribution in [3.05, 3.63) is 102 Å². The van der Waals surface area contributed by atoms with Gasteiger partial charge in [0.2, 0.25) is 0 Å². The lowest BCUT2D eigenvalue weighted by Crippen LogP contribution is -2.12. The van der Waals surface area contributed by atoms with Crippen LogP contribution in [0.1, 0.15) is 11.1 Å². The van der Waals surface area contributed by atoms with Gasteiger partial charge in [-0.25, -0.2) is 0 Å². The zero-order chi connectivity index (χ0) is 15.4. The summed E-state index contributed by atoms with van der Waals surface area (Å²) in [5.41, 5.74) is 3.04. The van der Waals surface area contributed by atoms with E-state index in [0.29, 0.717) is 5.71 Å². The molecule has 1 aliphatic carbocycles. The molecule has 0 atom stereocenters. The highest BCUT2D eigenvalue weighted by atomic mass is 16.3. The van der Waals surface area contributed by atoms with Gasteiger partial charge in [-0.05, 0) is 5.56 Å². The number of hydrogen-bond donors (Lipinski definition) is 2. The maximum absolute atomic E-state index is 10.3. The number of benzene rings is 2. The average molecular weight is 287 g/mol. The molecule has 0 fully saturated rings. The summed E-state index contributed by atoms with van der Waals surface area (Å²) < 4.78 is 0. The molecule has 1 aliphatic rings. The Hall–Kier alpha value is -2.87. The Labute approximate surface area is 130 Å². The van der Waals surface area contributed by atoms with Crippen LogP contribution in [0.3, 0.4) is 0 Å². The Balaban J connectivity index is 1.81. The van der Waals surface area contributed by atoms with Gasteiger partial charge in [-0.2, -0.15) is 0 Å². The van der Waals surface area contributed by atoms with Crippen LogP contribution in [0.25, 0.3) is 5.76 Å². The first-order valence-corrected chi connectivity index (χ1v) is 7.24. The third kappa shape index (κ3) is 2.91. The van der Waals surface area contributed by atoms with E-state index >= 15 is 0 Å². The van der Waals surface area contributed by atoms with E-state index in [1.54, 1.807) is 0 Å². The fraction of sp³-hybridized carbons (Fsp3) is 0.0500. The standard InChI is InChI=1S/C20H17NO/c21-19(15-7-3-1-4-8-15)16-11-13-18(14-12-16)20(22)17-9-5-2-6-10-17/h1-14,16,21-22H. The summed E-state index contributed by atoms with van der Waals surface area (Å²) in [7, 11) is 0. The quantitative estimate of drug-likeness (QED) is 0.620. The van der Waals surface area contributed by atoms with Crippen LogP contribution in [-0.2, 0) is 0 Å². The van der Waals surface area contributed by atoms with Crippen LogP contribution in [0.5, 0.6) is 0 Å². The first-order chi connectivity index (χ1) is 10.8. The van der Waals surface area contributed by atoms with Crippen molar-refractivity contribution >= 4 is 11.5 Å². The second kappa shape index (κ2) is 6.27. The molecular weight excluding hydrogens is 270 g/mol. The molecule has 2 heteroatoms. The predicted molar refractivity (Wildman–Crippen MR) is 91.0 cm³/mol. The highest BCUT2D eigenvalue weighted by Gasteiger charge is 2.14. The van der Waals surface area contributed by atoms with Gasteiger partial charge < -0.3 is 10.5 Å². The van der Waals surface area contributed by atoms with Crippen molar-refractivity contribution in [3.63, 3.8) is 0 Å². The Bertz CT molecular complexity index is 739. The zero-order valence-electron chi connectivity index (χ0n) is 12.1. The summed E-state index contributed by atoms with van der Waals surface area (Å²) in [6.07, 6.45) is 7.66. The maximum atomic E-state index is 10.3. The van der Waals surface area contributed by atoms with E-state index < -0.39 is 0 Å². The van der Waals surface area contributed by atoms with Crippen LogP contribution in [0, 0.1) is 11.3 Å². The molecule has 22 heavy (non-hydrogen) atoms. The topological polar surface area (TPSA) is 44.1 Å². The second-order valence-electron chi connectivity index (χ2n) is 5.19. The molecule has 2 N–H and O–H groups in total. The van der Waals surface area contributed by atoms with Crippen molar-refractivity contribution < 1.29 is 5.11 Å². The molecule has 0 saturated carbocycles. The Kier molecular flexibility index (Phi) is 4.01. The molecule has 2 nitrogen and oxygen atoms in total. The minimum absolute atomic E-state index is 0.0604. The van der Waals surface area contributed by atoms with E-state index in [9.17, 15) is 5.11 Å². The number of allylic oxidation sites excluding steroid dienone is 5. The molecule has 0 aromatic heterocycles. The molecule has 2 aromatic rings. The average Bonchev–Trinajstić information content (AvgIpc) is 2.62. The summed E-state index contributed by atoms with van der Waals surface area (Å²) >= 11 is 0. The molecule has 0 saturated heterocycles. The van der Waals surface area contributed by atoms with Gasteiger partial charge in [0.15, 0.2) is 0 Å². The smallest absolute Gasteiger partial charge is 0.129 e. The van der Waals surface area contributed by atoms with Crippen molar-refractivity contribution in [2.45, 2.75) is 0 Å². The van der Waals surface area contributed by atoms with Crippen molar-refractivity contribution in [3.8, 4) is 0 Å². The number of nitrogens with one attached hydrogen (secondary N) is 1. The van der Waals surface area contributed by atoms with Crippen LogP contribution in [0.4, 0.5) is 0 Å². The fourth-order valence-corrected chi connectivity index (χ4v) is 2.46. The Morgan fingerprint density at radius 1 is 0.773 bits per heavy atom. The molecule has 0 bridgehead atoms. The summed E-state index contributed by atoms with van der Waals surface area (Å²) in [5.74, 6) is 0.201. The van der Waals surface area contributed by atoms with Gasteiger partial charge in [0, 0.05) is 22.8 Å². The van der Waals surface area contributed by atoms with Gasteiger partial charge in [0.25, 0.3) is 0 Å². The maximum Gasteiger partial charge on any atom is 0.129 e. The minimum Gasteiger partial charge on any atom is -0.507 e.